The van der Waals surface area contributed by atoms with E-state index in [0.29, 0.717) is 12.8 Å². The average Bonchev–Trinajstić information content (AvgIpc) is 2.12. The van der Waals surface area contributed by atoms with Crippen LogP contribution < -0.4 is 0 Å². The lowest BCUT2D eigenvalue weighted by atomic mass is 9.90. The Kier molecular flexibility index (Phi) is 3.94. The fourth-order valence-corrected chi connectivity index (χ4v) is 1.01. The number of nitrogens with zero attached hydrogens (tertiary/aromatic N) is 2. The molecule has 0 spiro atoms. The fraction of sp³-hybridized carbons (Fsp3) is 0.667. The Morgan fingerprint density at radius 2 is 2.15 bits per heavy atom. The van der Waals surface area contributed by atoms with Gasteiger partial charge >= 0.3 is 17.6 Å². The fourth-order valence-electron chi connectivity index (χ4n) is 1.01. The van der Waals surface area contributed by atoms with Crippen molar-refractivity contribution < 1.29 is 9.90 Å². The zero-order valence-corrected chi connectivity index (χ0v) is 7.74. The van der Waals surface area contributed by atoms with Crippen LogP contribution in [0.2, 0.25) is 0 Å². The molecule has 4 nitrogen and oxygen atoms in total. The number of aliphatic carboxylic acids is 1. The highest BCUT2D eigenvalue weighted by atomic mass is 16.4. The molecule has 0 fully saturated rings. The molecule has 0 aromatic carbocycles. The standard InChI is InChI=1S/C9H12N2O2/c1-5-6-7(10-3)9(2,11-4)8(12)13/h7H,5-6H2,1-2H3,(H,12,13). The molecule has 0 aliphatic rings. The first-order valence-corrected chi connectivity index (χ1v) is 4.01. The molecule has 0 saturated carbocycles. The zero-order chi connectivity index (χ0) is 10.5. The SMILES string of the molecule is [C-]#[N+]C(CCC)C(C)([N+]#[C-])C(=O)O. The van der Waals surface area contributed by atoms with E-state index in [4.69, 9.17) is 18.3 Å². The van der Waals surface area contributed by atoms with Gasteiger partial charge in [-0.25, -0.2) is 17.9 Å². The largest absolute Gasteiger partial charge is 0.475 e. The lowest BCUT2D eigenvalue weighted by molar-refractivity contribution is -0.141. The third kappa shape index (κ3) is 2.19. The van der Waals surface area contributed by atoms with Crippen molar-refractivity contribution in [2.75, 3.05) is 0 Å². The average molecular weight is 180 g/mol. The Balaban J connectivity index is 4.86. The van der Waals surface area contributed by atoms with Crippen LogP contribution in [0.5, 0.6) is 0 Å². The minimum absolute atomic E-state index is 0.453. The summed E-state index contributed by atoms with van der Waals surface area (Å²) in [7, 11) is 0. The Morgan fingerprint density at radius 3 is 2.38 bits per heavy atom. The first kappa shape index (κ1) is 11.4. The van der Waals surface area contributed by atoms with Gasteiger partial charge in [-0.1, -0.05) is 6.92 Å². The molecule has 70 valence electrons. The van der Waals surface area contributed by atoms with Crippen LogP contribution in [0.15, 0.2) is 0 Å². The van der Waals surface area contributed by atoms with Crippen molar-refractivity contribution in [3.63, 3.8) is 0 Å². The summed E-state index contributed by atoms with van der Waals surface area (Å²) >= 11 is 0. The molecule has 0 radical (unpaired) electrons. The summed E-state index contributed by atoms with van der Waals surface area (Å²) in [5.74, 6) is -1.21. The molecular weight excluding hydrogens is 168 g/mol. The quantitative estimate of drug-likeness (QED) is 0.671. The van der Waals surface area contributed by atoms with Gasteiger partial charge in [0.2, 0.25) is 0 Å². The summed E-state index contributed by atoms with van der Waals surface area (Å²) in [6, 6.07) is -0.743. The van der Waals surface area contributed by atoms with Gasteiger partial charge in [-0.05, 0) is 6.42 Å². The zero-order valence-electron chi connectivity index (χ0n) is 7.74. The molecular formula is C9H12N2O2. The van der Waals surface area contributed by atoms with Crippen molar-refractivity contribution in [1.82, 2.24) is 0 Å². The van der Waals surface area contributed by atoms with Crippen molar-refractivity contribution in [3.8, 4) is 0 Å². The Morgan fingerprint density at radius 1 is 1.62 bits per heavy atom. The van der Waals surface area contributed by atoms with Crippen molar-refractivity contribution in [1.29, 1.82) is 0 Å². The Hall–Kier alpha value is -1.55. The van der Waals surface area contributed by atoms with Crippen LogP contribution in [0.4, 0.5) is 0 Å². The molecule has 0 aromatic rings. The normalized spacial score (nSPS) is 16.3. The number of carboxylic acids is 1. The maximum Gasteiger partial charge on any atom is 0.399 e. The van der Waals surface area contributed by atoms with Crippen LogP contribution in [-0.4, -0.2) is 22.7 Å². The number of hydrogen-bond donors (Lipinski definition) is 1. The van der Waals surface area contributed by atoms with Crippen LogP contribution in [0, 0.1) is 13.1 Å². The summed E-state index contributed by atoms with van der Waals surface area (Å²) in [6.07, 6.45) is 1.17. The van der Waals surface area contributed by atoms with E-state index in [1.807, 2.05) is 6.92 Å². The Bertz CT molecular complexity index is 274. The number of rotatable bonds is 4. The second-order valence-electron chi connectivity index (χ2n) is 3.00. The number of hydrogen-bond acceptors (Lipinski definition) is 1. The van der Waals surface area contributed by atoms with Gasteiger partial charge in [0, 0.05) is 13.3 Å². The van der Waals surface area contributed by atoms with E-state index in [-0.39, 0.29) is 0 Å². The minimum atomic E-state index is -1.59. The van der Waals surface area contributed by atoms with E-state index >= 15 is 0 Å². The number of carbonyl (C=O) groups is 1. The molecule has 2 unspecified atom stereocenters. The topological polar surface area (TPSA) is 46.0 Å². The van der Waals surface area contributed by atoms with Crippen molar-refractivity contribution in [3.05, 3.63) is 22.8 Å². The maximum absolute atomic E-state index is 10.8. The van der Waals surface area contributed by atoms with Gasteiger partial charge in [0.1, 0.15) is 0 Å². The van der Waals surface area contributed by atoms with Crippen molar-refractivity contribution >= 4 is 5.97 Å². The van der Waals surface area contributed by atoms with Crippen LogP contribution in [0.25, 0.3) is 9.69 Å². The van der Waals surface area contributed by atoms with Gasteiger partial charge in [-0.2, -0.15) is 0 Å². The van der Waals surface area contributed by atoms with Gasteiger partial charge in [0.25, 0.3) is 0 Å². The molecule has 0 aliphatic heterocycles. The molecule has 1 N–H and O–H groups in total. The van der Waals surface area contributed by atoms with Crippen LogP contribution in [0.1, 0.15) is 26.7 Å². The lowest BCUT2D eigenvalue weighted by Crippen LogP contribution is -2.42. The third-order valence-corrected chi connectivity index (χ3v) is 2.03. The van der Waals surface area contributed by atoms with Crippen LogP contribution >= 0.6 is 0 Å². The molecule has 0 saturated heterocycles. The van der Waals surface area contributed by atoms with E-state index in [2.05, 4.69) is 9.69 Å². The molecule has 0 amide bonds. The minimum Gasteiger partial charge on any atom is -0.475 e. The summed E-state index contributed by atoms with van der Waals surface area (Å²) < 4.78 is 0. The van der Waals surface area contributed by atoms with Crippen molar-refractivity contribution in [2.45, 2.75) is 38.3 Å². The second kappa shape index (κ2) is 4.47. The molecule has 4 heteroatoms. The lowest BCUT2D eigenvalue weighted by Gasteiger charge is -2.12. The molecule has 0 aromatic heterocycles. The summed E-state index contributed by atoms with van der Waals surface area (Å²) in [5.41, 5.74) is -1.59. The highest BCUT2D eigenvalue weighted by Gasteiger charge is 2.53. The predicted molar refractivity (Wildman–Crippen MR) is 47.9 cm³/mol. The molecule has 2 atom stereocenters. The maximum atomic E-state index is 10.8. The molecule has 13 heavy (non-hydrogen) atoms. The second-order valence-corrected chi connectivity index (χ2v) is 3.00. The molecule has 0 rings (SSSR count). The van der Waals surface area contributed by atoms with E-state index in [1.165, 1.54) is 6.92 Å². The third-order valence-electron chi connectivity index (χ3n) is 2.03. The predicted octanol–water partition coefficient (Wildman–Crippen LogP) is 1.84. The highest BCUT2D eigenvalue weighted by molar-refractivity contribution is 5.82. The first-order valence-electron chi connectivity index (χ1n) is 4.01. The first-order chi connectivity index (χ1) is 6.02. The smallest absolute Gasteiger partial charge is 0.399 e. The van der Waals surface area contributed by atoms with E-state index in [9.17, 15) is 4.79 Å². The molecule has 0 aliphatic carbocycles. The summed E-state index contributed by atoms with van der Waals surface area (Å²) in [4.78, 5) is 17.0. The molecule has 0 heterocycles. The van der Waals surface area contributed by atoms with Gasteiger partial charge in [0.15, 0.2) is 0 Å². The molecule has 0 bridgehead atoms. The monoisotopic (exact) mass is 180 g/mol. The van der Waals surface area contributed by atoms with Crippen molar-refractivity contribution in [2.24, 2.45) is 0 Å². The van der Waals surface area contributed by atoms with Crippen LogP contribution in [0.3, 0.4) is 0 Å². The van der Waals surface area contributed by atoms with E-state index < -0.39 is 17.6 Å². The Labute approximate surface area is 77.8 Å². The summed E-state index contributed by atoms with van der Waals surface area (Å²) in [5, 5.41) is 8.80. The highest BCUT2D eigenvalue weighted by Crippen LogP contribution is 2.23. The van der Waals surface area contributed by atoms with Gasteiger partial charge in [-0.15, -0.1) is 0 Å². The van der Waals surface area contributed by atoms with Gasteiger partial charge < -0.3 is 9.95 Å². The summed E-state index contributed by atoms with van der Waals surface area (Å²) in [6.45, 7) is 16.8. The van der Waals surface area contributed by atoms with Gasteiger partial charge in [-0.3, -0.25) is 4.85 Å². The van der Waals surface area contributed by atoms with E-state index in [0.717, 1.165) is 0 Å². The number of carboxylic acid groups (broad SMARTS) is 1. The van der Waals surface area contributed by atoms with Crippen LogP contribution in [-0.2, 0) is 4.79 Å². The van der Waals surface area contributed by atoms with Gasteiger partial charge in [0.05, 0.1) is 0 Å². The van der Waals surface area contributed by atoms with E-state index in [1.54, 1.807) is 0 Å².